The van der Waals surface area contributed by atoms with Crippen LogP contribution in [0.3, 0.4) is 0 Å². The molecule has 3 rings (SSSR count). The zero-order valence-corrected chi connectivity index (χ0v) is 12.7. The fraction of sp³-hybridized carbons (Fsp3) is 0.562. The molecule has 114 valence electrons. The molecule has 2 N–H and O–H groups in total. The number of morpholine rings is 1. The zero-order chi connectivity index (χ0) is 15.0. The molecule has 2 aliphatic rings. The number of hydrogen-bond donors (Lipinski definition) is 1. The van der Waals surface area contributed by atoms with Crippen molar-refractivity contribution < 1.29 is 9.53 Å². The molecule has 0 radical (unpaired) electrons. The van der Waals surface area contributed by atoms with Gasteiger partial charge in [-0.15, -0.1) is 0 Å². The molecule has 1 aromatic rings. The molecule has 5 heteroatoms. The molecule has 1 aliphatic carbocycles. The van der Waals surface area contributed by atoms with E-state index in [0.29, 0.717) is 24.4 Å². The molecule has 2 atom stereocenters. The van der Waals surface area contributed by atoms with Gasteiger partial charge in [0.15, 0.2) is 0 Å². The van der Waals surface area contributed by atoms with Crippen molar-refractivity contribution in [2.45, 2.75) is 31.4 Å². The third kappa shape index (κ3) is 2.58. The number of carbonyl (C=O) groups excluding carboxylic acids is 1. The van der Waals surface area contributed by atoms with Crippen molar-refractivity contribution in [1.82, 2.24) is 4.90 Å². The Bertz CT molecular complexity index is 544. The monoisotopic (exact) mass is 289 g/mol. The summed E-state index contributed by atoms with van der Waals surface area (Å²) in [6, 6.07) is 5.81. The van der Waals surface area contributed by atoms with Crippen LogP contribution in [0.1, 0.15) is 29.6 Å². The van der Waals surface area contributed by atoms with E-state index in [2.05, 4.69) is 0 Å². The Hall–Kier alpha value is -1.75. The van der Waals surface area contributed by atoms with Gasteiger partial charge in [0, 0.05) is 26.2 Å². The van der Waals surface area contributed by atoms with Gasteiger partial charge in [0.1, 0.15) is 0 Å². The van der Waals surface area contributed by atoms with Gasteiger partial charge in [0.2, 0.25) is 0 Å². The molecular formula is C16H23N3O2. The Balaban J connectivity index is 1.83. The number of amides is 1. The number of rotatable bonds is 2. The van der Waals surface area contributed by atoms with E-state index in [9.17, 15) is 4.79 Å². The van der Waals surface area contributed by atoms with Crippen LogP contribution in [0.15, 0.2) is 18.2 Å². The van der Waals surface area contributed by atoms with Gasteiger partial charge >= 0.3 is 0 Å². The topological polar surface area (TPSA) is 58.8 Å². The van der Waals surface area contributed by atoms with Crippen LogP contribution >= 0.6 is 0 Å². The first-order chi connectivity index (χ1) is 10.1. The molecule has 21 heavy (non-hydrogen) atoms. The third-order valence-electron chi connectivity index (χ3n) is 4.50. The summed E-state index contributed by atoms with van der Waals surface area (Å²) in [6.45, 7) is 1.31. The lowest BCUT2D eigenvalue weighted by Crippen LogP contribution is -2.51. The standard InChI is InChI=1S/C16H23N3O2/c1-18(2)13-7-6-11(10-12(13)17)16(20)19-8-9-21-15-5-3-4-14(15)19/h6-7,10,14-15H,3-5,8-9,17H2,1-2H3. The summed E-state index contributed by atoms with van der Waals surface area (Å²) in [7, 11) is 3.89. The molecule has 1 aromatic carbocycles. The maximum absolute atomic E-state index is 12.8. The summed E-state index contributed by atoms with van der Waals surface area (Å²) < 4.78 is 5.77. The fourth-order valence-electron chi connectivity index (χ4n) is 3.44. The smallest absolute Gasteiger partial charge is 0.254 e. The van der Waals surface area contributed by atoms with E-state index < -0.39 is 0 Å². The lowest BCUT2D eigenvalue weighted by Gasteiger charge is -2.37. The van der Waals surface area contributed by atoms with Crippen molar-refractivity contribution >= 4 is 17.3 Å². The van der Waals surface area contributed by atoms with E-state index in [1.54, 1.807) is 6.07 Å². The van der Waals surface area contributed by atoms with Crippen molar-refractivity contribution in [1.29, 1.82) is 0 Å². The highest BCUT2D eigenvalue weighted by atomic mass is 16.5. The highest BCUT2D eigenvalue weighted by Crippen LogP contribution is 2.31. The molecule has 2 fully saturated rings. The first kappa shape index (κ1) is 14.2. The van der Waals surface area contributed by atoms with Gasteiger partial charge in [-0.1, -0.05) is 0 Å². The molecular weight excluding hydrogens is 266 g/mol. The van der Waals surface area contributed by atoms with Crippen LogP contribution in [0.5, 0.6) is 0 Å². The van der Waals surface area contributed by atoms with Gasteiger partial charge < -0.3 is 20.3 Å². The fourth-order valence-corrected chi connectivity index (χ4v) is 3.44. The number of benzene rings is 1. The maximum atomic E-state index is 12.8. The van der Waals surface area contributed by atoms with Crippen molar-refractivity contribution in [3.8, 4) is 0 Å². The zero-order valence-electron chi connectivity index (χ0n) is 12.7. The van der Waals surface area contributed by atoms with E-state index in [1.165, 1.54) is 0 Å². The van der Waals surface area contributed by atoms with Crippen LogP contribution in [-0.4, -0.2) is 50.2 Å². The van der Waals surface area contributed by atoms with Gasteiger partial charge in [-0.05, 0) is 37.5 Å². The lowest BCUT2D eigenvalue weighted by atomic mass is 10.1. The Morgan fingerprint density at radius 2 is 2.19 bits per heavy atom. The van der Waals surface area contributed by atoms with Gasteiger partial charge in [-0.3, -0.25) is 4.79 Å². The van der Waals surface area contributed by atoms with E-state index in [-0.39, 0.29) is 18.1 Å². The summed E-state index contributed by atoms with van der Waals surface area (Å²) in [5.74, 6) is 0.0761. The SMILES string of the molecule is CN(C)c1ccc(C(=O)N2CCOC3CCCC32)cc1N. The van der Waals surface area contributed by atoms with Crippen molar-refractivity contribution in [2.24, 2.45) is 0 Å². The summed E-state index contributed by atoms with van der Waals surface area (Å²) in [4.78, 5) is 16.7. The summed E-state index contributed by atoms with van der Waals surface area (Å²) in [5.41, 5.74) is 8.31. The molecule has 5 nitrogen and oxygen atoms in total. The van der Waals surface area contributed by atoms with Crippen molar-refractivity contribution in [3.63, 3.8) is 0 Å². The van der Waals surface area contributed by atoms with Gasteiger partial charge in [0.05, 0.1) is 30.1 Å². The summed E-state index contributed by atoms with van der Waals surface area (Å²) >= 11 is 0. The van der Waals surface area contributed by atoms with E-state index in [1.807, 2.05) is 36.0 Å². The average molecular weight is 289 g/mol. The van der Waals surface area contributed by atoms with Gasteiger partial charge in [0.25, 0.3) is 5.91 Å². The lowest BCUT2D eigenvalue weighted by molar-refractivity contribution is -0.0445. The van der Waals surface area contributed by atoms with Gasteiger partial charge in [-0.2, -0.15) is 0 Å². The number of anilines is 2. The van der Waals surface area contributed by atoms with Gasteiger partial charge in [-0.25, -0.2) is 0 Å². The molecule has 0 bridgehead atoms. The molecule has 1 amide bonds. The second kappa shape index (κ2) is 5.56. The van der Waals surface area contributed by atoms with E-state index in [4.69, 9.17) is 10.5 Å². The van der Waals surface area contributed by atoms with Crippen LogP contribution in [0.4, 0.5) is 11.4 Å². The van der Waals surface area contributed by atoms with Crippen molar-refractivity contribution in [3.05, 3.63) is 23.8 Å². The first-order valence-corrected chi connectivity index (χ1v) is 7.57. The Kier molecular flexibility index (Phi) is 3.76. The first-order valence-electron chi connectivity index (χ1n) is 7.57. The number of nitrogens with two attached hydrogens (primary N) is 1. The summed E-state index contributed by atoms with van der Waals surface area (Å²) in [5, 5.41) is 0. The van der Waals surface area contributed by atoms with E-state index in [0.717, 1.165) is 24.9 Å². The largest absolute Gasteiger partial charge is 0.397 e. The van der Waals surface area contributed by atoms with Crippen LogP contribution < -0.4 is 10.6 Å². The molecule has 1 aliphatic heterocycles. The van der Waals surface area contributed by atoms with Crippen LogP contribution in [0.2, 0.25) is 0 Å². The Morgan fingerprint density at radius 3 is 2.90 bits per heavy atom. The molecule has 0 aromatic heterocycles. The number of hydrogen-bond acceptors (Lipinski definition) is 4. The minimum Gasteiger partial charge on any atom is -0.397 e. The van der Waals surface area contributed by atoms with E-state index >= 15 is 0 Å². The number of nitrogens with zero attached hydrogens (tertiary/aromatic N) is 2. The van der Waals surface area contributed by atoms with Crippen molar-refractivity contribution in [2.75, 3.05) is 37.9 Å². The number of fused-ring (bicyclic) bond motifs is 1. The third-order valence-corrected chi connectivity index (χ3v) is 4.50. The number of ether oxygens (including phenoxy) is 1. The maximum Gasteiger partial charge on any atom is 0.254 e. The minimum absolute atomic E-state index is 0.0761. The molecule has 0 spiro atoms. The quantitative estimate of drug-likeness (QED) is 0.842. The molecule has 1 heterocycles. The highest BCUT2D eigenvalue weighted by molar-refractivity contribution is 5.96. The molecule has 1 saturated heterocycles. The second-order valence-corrected chi connectivity index (χ2v) is 6.07. The van der Waals surface area contributed by atoms with Crippen LogP contribution in [-0.2, 0) is 4.74 Å². The Morgan fingerprint density at radius 1 is 1.38 bits per heavy atom. The van der Waals surface area contributed by atoms with Crippen LogP contribution in [0, 0.1) is 0 Å². The normalized spacial score (nSPS) is 24.8. The molecule has 2 unspecified atom stereocenters. The summed E-state index contributed by atoms with van der Waals surface area (Å²) in [6.07, 6.45) is 3.47. The minimum atomic E-state index is 0.0761. The predicted octanol–water partition coefficient (Wildman–Crippen LogP) is 1.73. The Labute approximate surface area is 125 Å². The molecule has 1 saturated carbocycles. The average Bonchev–Trinajstić information content (AvgIpc) is 2.94. The van der Waals surface area contributed by atoms with Crippen LogP contribution in [0.25, 0.3) is 0 Å². The predicted molar refractivity (Wildman–Crippen MR) is 83.6 cm³/mol. The number of nitrogen functional groups attached to an aromatic ring is 1. The number of carbonyl (C=O) groups is 1. The second-order valence-electron chi connectivity index (χ2n) is 6.07. The highest BCUT2D eigenvalue weighted by Gasteiger charge is 2.38.